The summed E-state index contributed by atoms with van der Waals surface area (Å²) in [6, 6.07) is 7.85. The molecule has 4 aromatic rings. The van der Waals surface area contributed by atoms with Crippen LogP contribution < -0.4 is 5.73 Å². The molecular weight excluding hydrogens is 499 g/mol. The number of Topliss-reactive ketones (excluding diaryl/α,β-unsaturated/α-hetero) is 1. The number of likely N-dealkylation sites (tertiary alicyclic amines) is 1. The molecule has 4 heterocycles. The van der Waals surface area contributed by atoms with E-state index in [1.165, 1.54) is 0 Å². The fraction of sp³-hybridized carbons (Fsp3) is 0.414. The molecule has 6 rings (SSSR count). The van der Waals surface area contributed by atoms with Crippen molar-refractivity contribution in [2.45, 2.75) is 58.9 Å². The highest BCUT2D eigenvalue weighted by atomic mass is 19.1. The lowest BCUT2D eigenvalue weighted by Crippen LogP contribution is -2.38. The fourth-order valence-corrected chi connectivity index (χ4v) is 5.97. The Hall–Kier alpha value is -4.08. The Labute approximate surface area is 225 Å². The Kier molecular flexibility index (Phi) is 6.40. The van der Waals surface area contributed by atoms with Gasteiger partial charge in [0.1, 0.15) is 17.3 Å². The number of benzene rings is 1. The summed E-state index contributed by atoms with van der Waals surface area (Å²) in [6.07, 6.45) is 3.44. The standard InChI is InChI=1S/C29H31FN6O3/c1-16-5-8-24(39-16)22-12-19-6-7-23(38)21(19)13-20(22)14-25-32-26-27(31)33-29(30)34-28(26)36(25)11-9-18-4-3-10-35(15-18)17(2)37/h5,8,12-13,18H,3-4,6-7,9-11,14-15H2,1-2H3,(H2,31,33,34). The van der Waals surface area contributed by atoms with Crippen LogP contribution in [0.2, 0.25) is 0 Å². The van der Waals surface area contributed by atoms with Gasteiger partial charge in [0.15, 0.2) is 22.8 Å². The number of halogens is 1. The van der Waals surface area contributed by atoms with Crippen LogP contribution in [-0.4, -0.2) is 49.2 Å². The number of carbonyl (C=O) groups excluding carboxylic acids is 2. The van der Waals surface area contributed by atoms with Crippen molar-refractivity contribution in [2.24, 2.45) is 5.92 Å². The first-order valence-electron chi connectivity index (χ1n) is 13.5. The third-order valence-corrected chi connectivity index (χ3v) is 8.00. The van der Waals surface area contributed by atoms with Gasteiger partial charge in [-0.05, 0) is 73.9 Å². The summed E-state index contributed by atoms with van der Waals surface area (Å²) in [4.78, 5) is 39.0. The highest BCUT2D eigenvalue weighted by Crippen LogP contribution is 2.35. The van der Waals surface area contributed by atoms with Gasteiger partial charge in [0.05, 0.1) is 0 Å². The lowest BCUT2D eigenvalue weighted by molar-refractivity contribution is -0.130. The maximum atomic E-state index is 14.3. The number of ketones is 1. The number of piperidine rings is 1. The monoisotopic (exact) mass is 530 g/mol. The molecule has 1 aliphatic heterocycles. The second-order valence-corrected chi connectivity index (χ2v) is 10.7. The minimum atomic E-state index is -0.900. The molecule has 1 unspecified atom stereocenters. The molecule has 1 aliphatic carbocycles. The third kappa shape index (κ3) is 4.79. The normalized spacial score (nSPS) is 17.3. The van der Waals surface area contributed by atoms with Gasteiger partial charge in [-0.15, -0.1) is 0 Å². The molecule has 39 heavy (non-hydrogen) atoms. The molecule has 3 aromatic heterocycles. The number of hydrogen-bond donors (Lipinski definition) is 1. The molecule has 0 saturated carbocycles. The van der Waals surface area contributed by atoms with Crippen molar-refractivity contribution < 1.29 is 18.4 Å². The van der Waals surface area contributed by atoms with E-state index < -0.39 is 6.08 Å². The van der Waals surface area contributed by atoms with Gasteiger partial charge < -0.3 is 19.6 Å². The van der Waals surface area contributed by atoms with Crippen molar-refractivity contribution in [1.82, 2.24) is 24.4 Å². The first-order valence-corrected chi connectivity index (χ1v) is 13.5. The van der Waals surface area contributed by atoms with Crippen molar-refractivity contribution in [1.29, 1.82) is 0 Å². The number of nitrogen functional groups attached to an aromatic ring is 1. The molecule has 2 N–H and O–H groups in total. The number of furan rings is 1. The van der Waals surface area contributed by atoms with E-state index in [0.717, 1.165) is 59.6 Å². The lowest BCUT2D eigenvalue weighted by Gasteiger charge is -2.32. The van der Waals surface area contributed by atoms with Crippen molar-refractivity contribution in [2.75, 3.05) is 18.8 Å². The average molecular weight is 531 g/mol. The van der Waals surface area contributed by atoms with E-state index in [1.807, 2.05) is 40.7 Å². The maximum Gasteiger partial charge on any atom is 0.312 e. The topological polar surface area (TPSA) is 120 Å². The number of nitrogens with zero attached hydrogens (tertiary/aromatic N) is 5. The van der Waals surface area contributed by atoms with E-state index >= 15 is 0 Å². The molecule has 1 fully saturated rings. The molecule has 1 amide bonds. The van der Waals surface area contributed by atoms with Gasteiger partial charge in [0.2, 0.25) is 5.91 Å². The highest BCUT2D eigenvalue weighted by Gasteiger charge is 2.26. The van der Waals surface area contributed by atoms with Gasteiger partial charge in [-0.1, -0.05) is 0 Å². The van der Waals surface area contributed by atoms with Gasteiger partial charge in [0, 0.05) is 50.5 Å². The zero-order valence-corrected chi connectivity index (χ0v) is 22.2. The van der Waals surface area contributed by atoms with E-state index in [0.29, 0.717) is 55.3 Å². The summed E-state index contributed by atoms with van der Waals surface area (Å²) in [6.45, 7) is 5.53. The van der Waals surface area contributed by atoms with Crippen molar-refractivity contribution in [3.8, 4) is 11.3 Å². The highest BCUT2D eigenvalue weighted by molar-refractivity contribution is 6.01. The molecule has 202 valence electrons. The molecule has 9 nitrogen and oxygen atoms in total. The smallest absolute Gasteiger partial charge is 0.312 e. The second-order valence-electron chi connectivity index (χ2n) is 10.7. The van der Waals surface area contributed by atoms with Crippen LogP contribution in [0.4, 0.5) is 10.2 Å². The predicted molar refractivity (Wildman–Crippen MR) is 144 cm³/mol. The summed E-state index contributed by atoms with van der Waals surface area (Å²) in [5.41, 5.74) is 10.3. The SMILES string of the molecule is CC(=O)N1CCCC(CCn2c(Cc3cc4c(cc3-c3ccc(C)o3)CCC4=O)nc3c(N)nc(F)nc32)C1. The van der Waals surface area contributed by atoms with E-state index in [2.05, 4.69) is 9.97 Å². The zero-order valence-electron chi connectivity index (χ0n) is 22.2. The number of aryl methyl sites for hydroxylation is 3. The molecule has 0 bridgehead atoms. The number of amides is 1. The van der Waals surface area contributed by atoms with E-state index in [9.17, 15) is 14.0 Å². The van der Waals surface area contributed by atoms with Crippen LogP contribution in [-0.2, 0) is 24.2 Å². The minimum Gasteiger partial charge on any atom is -0.461 e. The van der Waals surface area contributed by atoms with Crippen LogP contribution in [0.15, 0.2) is 28.7 Å². The van der Waals surface area contributed by atoms with Crippen LogP contribution in [0.3, 0.4) is 0 Å². The van der Waals surface area contributed by atoms with Crippen LogP contribution in [0.1, 0.15) is 65.7 Å². The van der Waals surface area contributed by atoms with Crippen molar-refractivity contribution in [3.05, 3.63) is 58.6 Å². The number of carbonyl (C=O) groups is 2. The Morgan fingerprint density at radius 1 is 1.18 bits per heavy atom. The van der Waals surface area contributed by atoms with Gasteiger partial charge in [0.25, 0.3) is 0 Å². The molecule has 1 atom stereocenters. The largest absolute Gasteiger partial charge is 0.461 e. The van der Waals surface area contributed by atoms with Crippen molar-refractivity contribution in [3.63, 3.8) is 0 Å². The number of nitrogens with two attached hydrogens (primary N) is 1. The number of fused-ring (bicyclic) bond motifs is 2. The van der Waals surface area contributed by atoms with Crippen LogP contribution in [0.5, 0.6) is 0 Å². The molecule has 1 aromatic carbocycles. The Morgan fingerprint density at radius 3 is 2.79 bits per heavy atom. The molecular formula is C29H31FN6O3. The van der Waals surface area contributed by atoms with Crippen molar-refractivity contribution >= 4 is 28.7 Å². The summed E-state index contributed by atoms with van der Waals surface area (Å²) in [5, 5.41) is 0. The first kappa shape index (κ1) is 25.2. The summed E-state index contributed by atoms with van der Waals surface area (Å²) >= 11 is 0. The Bertz CT molecular complexity index is 1610. The van der Waals surface area contributed by atoms with Gasteiger partial charge in [-0.2, -0.15) is 14.4 Å². The maximum absolute atomic E-state index is 14.3. The Balaban J connectivity index is 1.40. The van der Waals surface area contributed by atoms with Crippen LogP contribution in [0, 0.1) is 18.9 Å². The van der Waals surface area contributed by atoms with E-state index in [1.54, 1.807) is 6.92 Å². The summed E-state index contributed by atoms with van der Waals surface area (Å²) in [7, 11) is 0. The van der Waals surface area contributed by atoms with Gasteiger partial charge in [-0.3, -0.25) is 9.59 Å². The summed E-state index contributed by atoms with van der Waals surface area (Å²) in [5.74, 6) is 2.70. The zero-order chi connectivity index (χ0) is 27.3. The van der Waals surface area contributed by atoms with E-state index in [-0.39, 0.29) is 17.5 Å². The van der Waals surface area contributed by atoms with Crippen LogP contribution in [0.25, 0.3) is 22.5 Å². The molecule has 1 saturated heterocycles. The molecule has 10 heteroatoms. The molecule has 2 aliphatic rings. The third-order valence-electron chi connectivity index (χ3n) is 8.00. The predicted octanol–water partition coefficient (Wildman–Crippen LogP) is 4.48. The average Bonchev–Trinajstić information content (AvgIpc) is 3.60. The first-order chi connectivity index (χ1) is 18.8. The molecule has 0 spiro atoms. The minimum absolute atomic E-state index is 0.0102. The number of anilines is 1. The number of rotatable bonds is 6. The lowest BCUT2D eigenvalue weighted by atomic mass is 9.94. The summed E-state index contributed by atoms with van der Waals surface area (Å²) < 4.78 is 22.2. The Morgan fingerprint density at radius 2 is 2.03 bits per heavy atom. The molecule has 0 radical (unpaired) electrons. The van der Waals surface area contributed by atoms with E-state index in [4.69, 9.17) is 15.1 Å². The van der Waals surface area contributed by atoms with Gasteiger partial charge >= 0.3 is 6.08 Å². The number of hydrogen-bond acceptors (Lipinski definition) is 7. The van der Waals surface area contributed by atoms with Crippen LogP contribution >= 0.6 is 0 Å². The van der Waals surface area contributed by atoms with Gasteiger partial charge in [-0.25, -0.2) is 4.98 Å². The fourth-order valence-electron chi connectivity index (χ4n) is 5.97. The second kappa shape index (κ2) is 9.91. The number of aromatic nitrogens is 4. The number of imidazole rings is 1. The quantitative estimate of drug-likeness (QED) is 0.365.